The summed E-state index contributed by atoms with van der Waals surface area (Å²) >= 11 is 0. The van der Waals surface area contributed by atoms with Crippen LogP contribution < -0.4 is 0 Å². The summed E-state index contributed by atoms with van der Waals surface area (Å²) in [6, 6.07) is 0. The van der Waals surface area contributed by atoms with Crippen LogP contribution in [0.4, 0.5) is 0 Å². The maximum Gasteiger partial charge on any atom is 0.138 e. The van der Waals surface area contributed by atoms with Crippen molar-refractivity contribution in [2.45, 2.75) is 106 Å². The van der Waals surface area contributed by atoms with Gasteiger partial charge in [0.05, 0.1) is 0 Å². The summed E-state index contributed by atoms with van der Waals surface area (Å²) in [5.41, 5.74) is 1.87. The van der Waals surface area contributed by atoms with Gasteiger partial charge in [0.1, 0.15) is 12.1 Å². The molecule has 0 heterocycles. The summed E-state index contributed by atoms with van der Waals surface area (Å²) in [5, 5.41) is 0. The van der Waals surface area contributed by atoms with Crippen molar-refractivity contribution in [3.05, 3.63) is 12.2 Å². The maximum absolute atomic E-state index is 12.9. The molecule has 5 saturated carbocycles. The number of Topliss-reactive ketones (excluding diaryl/α,β-unsaturated/α-hetero) is 1. The van der Waals surface area contributed by atoms with Gasteiger partial charge in [0.2, 0.25) is 0 Å². The highest BCUT2D eigenvalue weighted by Crippen LogP contribution is 2.77. The van der Waals surface area contributed by atoms with Crippen molar-refractivity contribution in [1.82, 2.24) is 0 Å². The van der Waals surface area contributed by atoms with E-state index in [0.717, 1.165) is 32.1 Å². The molecule has 0 radical (unpaired) electrons. The molecule has 0 spiro atoms. The molecule has 0 bridgehead atoms. The van der Waals surface area contributed by atoms with Gasteiger partial charge in [-0.1, -0.05) is 46.8 Å². The summed E-state index contributed by atoms with van der Waals surface area (Å²) in [6.45, 7) is 18.9. The van der Waals surface area contributed by atoms with Gasteiger partial charge in [-0.25, -0.2) is 0 Å². The number of ketones is 1. The average molecular weight is 439 g/mol. The Morgan fingerprint density at radius 2 is 1.59 bits per heavy atom. The SMILES string of the molecule is C=C(C)[C@@H]1CC[C@]2(C=O)CC[C@]3(C)[C@H](CC[C@@H]4[C@@]5(C)CCC(=O)C(C)(C)[C@@H]5CC[C@]43C)[C@@H]12. The summed E-state index contributed by atoms with van der Waals surface area (Å²) < 4.78 is 0. The number of allylic oxidation sites excluding steroid dienone is 1. The molecule has 32 heavy (non-hydrogen) atoms. The highest BCUT2D eigenvalue weighted by Gasteiger charge is 2.70. The molecule has 5 aliphatic carbocycles. The molecule has 5 aliphatic rings. The molecule has 0 aromatic heterocycles. The Morgan fingerprint density at radius 3 is 2.25 bits per heavy atom. The van der Waals surface area contributed by atoms with E-state index in [4.69, 9.17) is 0 Å². The third-order valence-corrected chi connectivity index (χ3v) is 13.1. The third-order valence-electron chi connectivity index (χ3n) is 13.1. The second-order valence-corrected chi connectivity index (χ2v) is 14.2. The topological polar surface area (TPSA) is 34.1 Å². The molecular weight excluding hydrogens is 392 g/mol. The Morgan fingerprint density at radius 1 is 0.875 bits per heavy atom. The van der Waals surface area contributed by atoms with Crippen molar-refractivity contribution in [3.8, 4) is 0 Å². The highest BCUT2D eigenvalue weighted by molar-refractivity contribution is 5.85. The quantitative estimate of drug-likeness (QED) is 0.332. The predicted octanol–water partition coefficient (Wildman–Crippen LogP) is 7.41. The number of hydrogen-bond donors (Lipinski definition) is 0. The van der Waals surface area contributed by atoms with E-state index >= 15 is 0 Å². The van der Waals surface area contributed by atoms with Crippen LogP contribution in [0.5, 0.6) is 0 Å². The summed E-state index contributed by atoms with van der Waals surface area (Å²) in [5.74, 6) is 3.34. The lowest BCUT2D eigenvalue weighted by atomic mass is 9.32. The van der Waals surface area contributed by atoms with Crippen LogP contribution in [0.1, 0.15) is 106 Å². The van der Waals surface area contributed by atoms with Crippen LogP contribution in [0.2, 0.25) is 0 Å². The third kappa shape index (κ3) is 2.54. The molecule has 9 atom stereocenters. The summed E-state index contributed by atoms with van der Waals surface area (Å²) in [7, 11) is 0. The molecule has 2 nitrogen and oxygen atoms in total. The Labute approximate surface area is 196 Å². The fourth-order valence-electron chi connectivity index (χ4n) is 11.2. The predicted molar refractivity (Wildman–Crippen MR) is 130 cm³/mol. The fraction of sp³-hybridized carbons (Fsp3) is 0.867. The first-order valence-electron chi connectivity index (χ1n) is 13.5. The zero-order valence-corrected chi connectivity index (χ0v) is 21.6. The van der Waals surface area contributed by atoms with E-state index in [1.807, 2.05) is 0 Å². The molecule has 0 aliphatic heterocycles. The van der Waals surface area contributed by atoms with Crippen LogP contribution in [-0.4, -0.2) is 12.1 Å². The van der Waals surface area contributed by atoms with Gasteiger partial charge in [0.25, 0.3) is 0 Å². The normalized spacial score (nSPS) is 54.1. The first-order valence-corrected chi connectivity index (χ1v) is 13.5. The van der Waals surface area contributed by atoms with Crippen LogP contribution in [0, 0.1) is 56.7 Å². The van der Waals surface area contributed by atoms with E-state index < -0.39 is 0 Å². The van der Waals surface area contributed by atoms with Gasteiger partial charge < -0.3 is 4.79 Å². The second kappa shape index (κ2) is 6.82. The molecule has 0 saturated heterocycles. The first kappa shape index (κ1) is 22.9. The molecule has 0 aromatic carbocycles. The molecule has 0 unspecified atom stereocenters. The molecule has 178 valence electrons. The van der Waals surface area contributed by atoms with Crippen LogP contribution in [0.3, 0.4) is 0 Å². The average Bonchev–Trinajstić information content (AvgIpc) is 3.12. The minimum absolute atomic E-state index is 0.0999. The molecule has 2 heteroatoms. The number of carbonyl (C=O) groups excluding carboxylic acids is 2. The number of carbonyl (C=O) groups is 2. The van der Waals surface area contributed by atoms with Crippen LogP contribution in [-0.2, 0) is 9.59 Å². The van der Waals surface area contributed by atoms with E-state index in [0.29, 0.717) is 40.8 Å². The van der Waals surface area contributed by atoms with Gasteiger partial charge in [-0.3, -0.25) is 4.79 Å². The molecule has 5 fully saturated rings. The van der Waals surface area contributed by atoms with E-state index in [1.54, 1.807) is 0 Å². The Bertz CT molecular complexity index is 855. The van der Waals surface area contributed by atoms with Gasteiger partial charge in [-0.15, -0.1) is 0 Å². The zero-order chi connectivity index (χ0) is 23.3. The molecule has 0 N–H and O–H groups in total. The first-order chi connectivity index (χ1) is 14.9. The number of rotatable bonds is 2. The molecule has 0 aromatic rings. The van der Waals surface area contributed by atoms with Gasteiger partial charge in [-0.05, 0) is 111 Å². The molecule has 0 amide bonds. The minimum Gasteiger partial charge on any atom is -0.303 e. The standard InChI is InChI=1S/C30H46O2/c1-19(2)20-10-15-30(18-31)17-16-28(6)21(25(20)30)8-9-23-27(5)13-12-24(32)26(3,4)22(27)11-14-29(23,28)7/h18,20-23,25H,1,8-17H2,2-7H3/t20-,21+,22-,23+,25+,27-,28+,29+,30+/m0/s1. The number of hydrogen-bond acceptors (Lipinski definition) is 2. The van der Waals surface area contributed by atoms with Crippen LogP contribution >= 0.6 is 0 Å². The molecular formula is C30H46O2. The molecule has 5 rings (SSSR count). The van der Waals surface area contributed by atoms with Gasteiger partial charge in [0.15, 0.2) is 0 Å². The minimum atomic E-state index is -0.179. The lowest BCUT2D eigenvalue weighted by Crippen LogP contribution is -2.66. The van der Waals surface area contributed by atoms with E-state index in [1.165, 1.54) is 44.0 Å². The second-order valence-electron chi connectivity index (χ2n) is 14.2. The van der Waals surface area contributed by atoms with Crippen molar-refractivity contribution in [2.75, 3.05) is 0 Å². The fourth-order valence-corrected chi connectivity index (χ4v) is 11.2. The summed E-state index contributed by atoms with van der Waals surface area (Å²) in [6.07, 6.45) is 12.7. The summed E-state index contributed by atoms with van der Waals surface area (Å²) in [4.78, 5) is 25.4. The monoisotopic (exact) mass is 438 g/mol. The highest BCUT2D eigenvalue weighted by atomic mass is 16.1. The van der Waals surface area contributed by atoms with Gasteiger partial charge in [-0.2, -0.15) is 0 Å². The zero-order valence-electron chi connectivity index (χ0n) is 21.6. The van der Waals surface area contributed by atoms with Gasteiger partial charge >= 0.3 is 0 Å². The van der Waals surface area contributed by atoms with Crippen LogP contribution in [0.25, 0.3) is 0 Å². The Hall–Kier alpha value is -0.920. The lowest BCUT2D eigenvalue weighted by Gasteiger charge is -2.72. The Balaban J connectivity index is 1.56. The largest absolute Gasteiger partial charge is 0.303 e. The van der Waals surface area contributed by atoms with Crippen molar-refractivity contribution in [1.29, 1.82) is 0 Å². The lowest BCUT2D eigenvalue weighted by molar-refractivity contribution is -0.231. The van der Waals surface area contributed by atoms with E-state index in [-0.39, 0.29) is 21.7 Å². The van der Waals surface area contributed by atoms with Gasteiger partial charge in [0, 0.05) is 17.3 Å². The van der Waals surface area contributed by atoms with E-state index in [9.17, 15) is 9.59 Å². The van der Waals surface area contributed by atoms with Crippen molar-refractivity contribution in [3.63, 3.8) is 0 Å². The van der Waals surface area contributed by atoms with Crippen molar-refractivity contribution < 1.29 is 9.59 Å². The maximum atomic E-state index is 12.9. The van der Waals surface area contributed by atoms with Crippen molar-refractivity contribution >= 4 is 12.1 Å². The van der Waals surface area contributed by atoms with Crippen LogP contribution in [0.15, 0.2) is 12.2 Å². The number of fused-ring (bicyclic) bond motifs is 7. The van der Waals surface area contributed by atoms with E-state index in [2.05, 4.69) is 48.1 Å². The smallest absolute Gasteiger partial charge is 0.138 e. The number of aldehydes is 1. The van der Waals surface area contributed by atoms with Crippen molar-refractivity contribution in [2.24, 2.45) is 56.7 Å². The Kier molecular flexibility index (Phi) is 4.87.